The van der Waals surface area contributed by atoms with Gasteiger partial charge in [0.25, 0.3) is 34.8 Å². The van der Waals surface area contributed by atoms with Crippen LogP contribution in [0.1, 0.15) is 41.4 Å². The van der Waals surface area contributed by atoms with Crippen molar-refractivity contribution in [3.05, 3.63) is 119 Å². The second kappa shape index (κ2) is 9.65. The van der Waals surface area contributed by atoms with Crippen LogP contribution in [0.3, 0.4) is 0 Å². The first-order chi connectivity index (χ1) is 18.0. The number of hydrogen-bond donors (Lipinski definition) is 0. The van der Waals surface area contributed by atoms with Gasteiger partial charge in [0, 0.05) is 29.8 Å². The Balaban J connectivity index is 1.83. The minimum atomic E-state index is -1.31. The third kappa shape index (κ3) is 4.30. The number of Topliss-reactive ketones (excluding diaryl/α,β-unsaturated/α-hetero) is 1. The Morgan fingerprint density at radius 2 is 1.39 bits per heavy atom. The van der Waals surface area contributed by atoms with Crippen molar-refractivity contribution < 1.29 is 33.9 Å². The summed E-state index contributed by atoms with van der Waals surface area (Å²) in [6, 6.07) is 12.2. The van der Waals surface area contributed by atoms with E-state index in [4.69, 9.17) is 0 Å². The van der Waals surface area contributed by atoms with Gasteiger partial charge in [-0.1, -0.05) is 30.3 Å². The lowest BCUT2D eigenvalue weighted by molar-refractivity contribution is -0.385. The van der Waals surface area contributed by atoms with Crippen LogP contribution >= 0.6 is 0 Å². The molecule has 3 amide bonds. The number of hydrogen-bond acceptors (Lipinski definition) is 10. The van der Waals surface area contributed by atoms with E-state index < -0.39 is 78.6 Å². The van der Waals surface area contributed by atoms with Gasteiger partial charge in [0.05, 0.1) is 20.3 Å². The Morgan fingerprint density at radius 3 is 2.05 bits per heavy atom. The maximum atomic E-state index is 13.5. The molecule has 1 aliphatic heterocycles. The number of benzene rings is 3. The molecule has 3 aromatic carbocycles. The molecule has 0 aromatic heterocycles. The van der Waals surface area contributed by atoms with Gasteiger partial charge in [-0.3, -0.25) is 49.5 Å². The molecule has 1 heterocycles. The summed E-state index contributed by atoms with van der Waals surface area (Å²) in [6.07, 6.45) is 0. The number of rotatable bonds is 8. The Labute approximate surface area is 210 Å². The molecule has 0 unspecified atom stereocenters. The van der Waals surface area contributed by atoms with Crippen molar-refractivity contribution >= 4 is 40.6 Å². The number of para-hydroxylation sites is 1. The van der Waals surface area contributed by atoms with E-state index >= 15 is 0 Å². The largest absolute Gasteiger partial charge is 0.292 e. The quantitative estimate of drug-likeness (QED) is 0.184. The van der Waals surface area contributed by atoms with Crippen molar-refractivity contribution in [3.63, 3.8) is 0 Å². The van der Waals surface area contributed by atoms with E-state index in [0.29, 0.717) is 5.01 Å². The number of carbonyl (C=O) groups is 4. The number of carbonyl (C=O) groups excluding carboxylic acids is 4. The Kier molecular flexibility index (Phi) is 6.41. The lowest BCUT2D eigenvalue weighted by atomic mass is 10.1. The van der Waals surface area contributed by atoms with Gasteiger partial charge in [0.1, 0.15) is 17.7 Å². The number of imide groups is 1. The fourth-order valence-electron chi connectivity index (χ4n) is 3.83. The fourth-order valence-corrected chi connectivity index (χ4v) is 3.83. The van der Waals surface area contributed by atoms with Gasteiger partial charge >= 0.3 is 0 Å². The van der Waals surface area contributed by atoms with Crippen molar-refractivity contribution in [3.8, 4) is 0 Å². The van der Waals surface area contributed by atoms with Gasteiger partial charge < -0.3 is 0 Å². The van der Waals surface area contributed by atoms with Crippen LogP contribution < -0.4 is 0 Å². The molecule has 0 bridgehead atoms. The molecule has 38 heavy (non-hydrogen) atoms. The zero-order valence-corrected chi connectivity index (χ0v) is 18.9. The molecule has 0 fully saturated rings. The van der Waals surface area contributed by atoms with E-state index in [-0.39, 0.29) is 10.6 Å². The Bertz CT molecular complexity index is 1580. The molecular formula is C23H13N5O10. The average Bonchev–Trinajstić information content (AvgIpc) is 3.16. The molecule has 15 heteroatoms. The molecule has 190 valence electrons. The molecule has 3 aromatic rings. The molecule has 0 N–H and O–H groups in total. The summed E-state index contributed by atoms with van der Waals surface area (Å²) in [6.45, 7) is -1.06. The third-order valence-electron chi connectivity index (χ3n) is 5.55. The van der Waals surface area contributed by atoms with Gasteiger partial charge in [-0.05, 0) is 12.1 Å². The summed E-state index contributed by atoms with van der Waals surface area (Å²) >= 11 is 0. The first kappa shape index (κ1) is 25.2. The van der Waals surface area contributed by atoms with E-state index in [1.807, 2.05) is 0 Å². The molecule has 0 saturated carbocycles. The lowest BCUT2D eigenvalue weighted by Crippen LogP contribution is -2.51. The standard InChI is InChI=1S/C23H13N5O10/c29-19(13-5-3-6-14(11-13)26(33)34)12-24(21(30)15-7-1-2-9-17(15)27(35)36)25-22(31)16-8-4-10-18(28(37)38)20(16)23(25)32/h1-11H,12H2. The van der Waals surface area contributed by atoms with Crippen LogP contribution in [-0.2, 0) is 0 Å². The van der Waals surface area contributed by atoms with Crippen molar-refractivity contribution in [1.82, 2.24) is 10.0 Å². The van der Waals surface area contributed by atoms with Gasteiger partial charge in [-0.2, -0.15) is 5.01 Å². The first-order valence-corrected chi connectivity index (χ1v) is 10.5. The predicted molar refractivity (Wildman–Crippen MR) is 125 cm³/mol. The highest BCUT2D eigenvalue weighted by Gasteiger charge is 2.46. The SMILES string of the molecule is O=C(CN(C(=O)c1ccccc1[N+](=O)[O-])N1C(=O)c2cccc([N+](=O)[O-])c2C1=O)c1cccc([N+](=O)[O-])c1. The van der Waals surface area contributed by atoms with E-state index in [2.05, 4.69) is 0 Å². The molecular weight excluding hydrogens is 506 g/mol. The van der Waals surface area contributed by atoms with Crippen molar-refractivity contribution in [2.45, 2.75) is 0 Å². The summed E-state index contributed by atoms with van der Waals surface area (Å²) in [5.74, 6) is -4.77. The molecule has 4 rings (SSSR count). The Hall–Kier alpha value is -5.86. The van der Waals surface area contributed by atoms with Crippen LogP contribution in [0, 0.1) is 30.3 Å². The van der Waals surface area contributed by atoms with Crippen LogP contribution in [-0.4, -0.2) is 54.8 Å². The number of hydrazine groups is 1. The van der Waals surface area contributed by atoms with Crippen LogP contribution in [0.5, 0.6) is 0 Å². The van der Waals surface area contributed by atoms with Crippen molar-refractivity contribution in [2.24, 2.45) is 0 Å². The number of nitro benzene ring substituents is 3. The second-order valence-corrected chi connectivity index (χ2v) is 7.75. The highest BCUT2D eigenvalue weighted by atomic mass is 16.6. The highest BCUT2D eigenvalue weighted by molar-refractivity contribution is 6.24. The smallest absolute Gasteiger partial charge is 0.287 e. The molecule has 0 atom stereocenters. The van der Waals surface area contributed by atoms with E-state index in [9.17, 15) is 49.5 Å². The first-order valence-electron chi connectivity index (χ1n) is 10.5. The van der Waals surface area contributed by atoms with Gasteiger partial charge in [0.15, 0.2) is 5.78 Å². The van der Waals surface area contributed by atoms with E-state index in [0.717, 1.165) is 42.5 Å². The monoisotopic (exact) mass is 519 g/mol. The van der Waals surface area contributed by atoms with Gasteiger partial charge in [0.2, 0.25) is 0 Å². The maximum Gasteiger partial charge on any atom is 0.287 e. The van der Waals surface area contributed by atoms with E-state index in [1.165, 1.54) is 24.3 Å². The van der Waals surface area contributed by atoms with Gasteiger partial charge in [-0.15, -0.1) is 0 Å². The number of nitro groups is 3. The number of ketones is 1. The summed E-state index contributed by atoms with van der Waals surface area (Å²) in [4.78, 5) is 84.6. The Morgan fingerprint density at radius 1 is 0.763 bits per heavy atom. The van der Waals surface area contributed by atoms with Crippen LogP contribution in [0.15, 0.2) is 66.7 Å². The normalized spacial score (nSPS) is 12.2. The van der Waals surface area contributed by atoms with Gasteiger partial charge in [-0.25, -0.2) is 5.01 Å². The van der Waals surface area contributed by atoms with Crippen molar-refractivity contribution in [2.75, 3.05) is 6.54 Å². The summed E-state index contributed by atoms with van der Waals surface area (Å²) in [5.41, 5.74) is -3.79. The van der Waals surface area contributed by atoms with Crippen LogP contribution in [0.4, 0.5) is 17.1 Å². The summed E-state index contributed by atoms with van der Waals surface area (Å²) < 4.78 is 0. The van der Waals surface area contributed by atoms with E-state index in [1.54, 1.807) is 0 Å². The fraction of sp³-hybridized carbons (Fsp3) is 0.0435. The molecule has 0 aliphatic carbocycles. The highest BCUT2D eigenvalue weighted by Crippen LogP contribution is 2.33. The number of non-ortho nitro benzene ring substituents is 1. The second-order valence-electron chi connectivity index (χ2n) is 7.75. The molecule has 0 spiro atoms. The maximum absolute atomic E-state index is 13.5. The molecule has 0 radical (unpaired) electrons. The minimum Gasteiger partial charge on any atom is -0.292 e. The lowest BCUT2D eigenvalue weighted by Gasteiger charge is -2.29. The van der Waals surface area contributed by atoms with Crippen LogP contribution in [0.25, 0.3) is 0 Å². The van der Waals surface area contributed by atoms with Crippen LogP contribution in [0.2, 0.25) is 0 Å². The third-order valence-corrected chi connectivity index (χ3v) is 5.55. The zero-order valence-electron chi connectivity index (χ0n) is 18.9. The summed E-state index contributed by atoms with van der Waals surface area (Å²) in [7, 11) is 0. The average molecular weight is 519 g/mol. The predicted octanol–water partition coefficient (Wildman–Crippen LogP) is 2.95. The summed E-state index contributed by atoms with van der Waals surface area (Å²) in [5, 5.41) is 34.6. The molecule has 0 saturated heterocycles. The minimum absolute atomic E-state index is 0.200. The number of amides is 3. The zero-order chi connectivity index (χ0) is 27.7. The van der Waals surface area contributed by atoms with Crippen molar-refractivity contribution in [1.29, 1.82) is 0 Å². The number of nitrogens with zero attached hydrogens (tertiary/aromatic N) is 5. The number of fused-ring (bicyclic) bond motifs is 1. The topological polar surface area (TPSA) is 204 Å². The molecule has 15 nitrogen and oxygen atoms in total. The molecule has 1 aliphatic rings.